The van der Waals surface area contributed by atoms with Gasteiger partial charge < -0.3 is 10.6 Å². The first kappa shape index (κ1) is 14.9. The van der Waals surface area contributed by atoms with E-state index < -0.39 is 0 Å². The van der Waals surface area contributed by atoms with Crippen LogP contribution in [0.2, 0.25) is 0 Å². The minimum atomic E-state index is 0.474. The average molecular weight is 280 g/mol. The lowest BCUT2D eigenvalue weighted by molar-refractivity contribution is 0.856. The highest BCUT2D eigenvalue weighted by Crippen LogP contribution is 2.16. The third kappa shape index (κ3) is 4.22. The minimum absolute atomic E-state index is 0.474. The van der Waals surface area contributed by atoms with E-state index in [0.717, 1.165) is 29.8 Å². The van der Waals surface area contributed by atoms with Gasteiger partial charge in [0.05, 0.1) is 12.1 Å². The fraction of sp³-hybridized carbons (Fsp3) is 0.294. The van der Waals surface area contributed by atoms with Crippen molar-refractivity contribution in [2.45, 2.75) is 13.3 Å². The molecule has 1 aromatic heterocycles. The third-order valence-corrected chi connectivity index (χ3v) is 3.07. The van der Waals surface area contributed by atoms with Gasteiger partial charge in [-0.05, 0) is 25.0 Å². The Morgan fingerprint density at radius 2 is 2.14 bits per heavy atom. The van der Waals surface area contributed by atoms with Gasteiger partial charge in [-0.3, -0.25) is 9.98 Å². The maximum Gasteiger partial charge on any atom is 0.192 e. The molecule has 0 aliphatic carbocycles. The van der Waals surface area contributed by atoms with E-state index in [1.54, 1.807) is 0 Å². The van der Waals surface area contributed by atoms with Gasteiger partial charge in [-0.2, -0.15) is 0 Å². The van der Waals surface area contributed by atoms with E-state index in [1.165, 1.54) is 5.56 Å². The summed E-state index contributed by atoms with van der Waals surface area (Å²) in [6.07, 6.45) is 7.93. The molecule has 1 heterocycles. The lowest BCUT2D eigenvalue weighted by Crippen LogP contribution is -2.37. The molecule has 21 heavy (non-hydrogen) atoms. The Morgan fingerprint density at radius 3 is 2.95 bits per heavy atom. The number of hydrogen-bond acceptors (Lipinski definition) is 2. The number of nitrogens with zero attached hydrogens (tertiary/aromatic N) is 2. The lowest BCUT2D eigenvalue weighted by Gasteiger charge is -2.09. The number of aliphatic imine (C=N–C) groups is 1. The highest BCUT2D eigenvalue weighted by atomic mass is 15.2. The zero-order valence-corrected chi connectivity index (χ0v) is 12.3. The van der Waals surface area contributed by atoms with Crippen LogP contribution in [0.4, 0.5) is 0 Å². The van der Waals surface area contributed by atoms with Gasteiger partial charge in [0, 0.05) is 24.7 Å². The van der Waals surface area contributed by atoms with Crippen LogP contribution < -0.4 is 10.6 Å². The number of nitrogens with one attached hydrogen (secondary N) is 2. The van der Waals surface area contributed by atoms with Crippen LogP contribution in [0, 0.1) is 12.3 Å². The van der Waals surface area contributed by atoms with Gasteiger partial charge in [0.15, 0.2) is 5.96 Å². The first-order chi connectivity index (χ1) is 10.3. The number of benzene rings is 1. The van der Waals surface area contributed by atoms with E-state index in [0.29, 0.717) is 13.1 Å². The summed E-state index contributed by atoms with van der Waals surface area (Å²) in [5, 5.41) is 7.41. The van der Waals surface area contributed by atoms with Crippen molar-refractivity contribution in [3.8, 4) is 12.3 Å². The summed E-state index contributed by atoms with van der Waals surface area (Å²) in [5.74, 6) is 3.30. The van der Waals surface area contributed by atoms with Gasteiger partial charge in [0.2, 0.25) is 0 Å². The summed E-state index contributed by atoms with van der Waals surface area (Å²) in [4.78, 5) is 8.98. The van der Waals surface area contributed by atoms with Crippen molar-refractivity contribution in [1.29, 1.82) is 0 Å². The van der Waals surface area contributed by atoms with Crippen LogP contribution in [0.25, 0.3) is 10.9 Å². The van der Waals surface area contributed by atoms with E-state index in [1.807, 2.05) is 19.2 Å². The Kier molecular flexibility index (Phi) is 5.60. The number of para-hydroxylation sites is 1. The predicted octanol–water partition coefficient (Wildman–Crippen LogP) is 1.97. The third-order valence-electron chi connectivity index (χ3n) is 3.07. The summed E-state index contributed by atoms with van der Waals surface area (Å²) in [5.41, 5.74) is 2.27. The van der Waals surface area contributed by atoms with Crippen LogP contribution >= 0.6 is 0 Å². The molecular weight excluding hydrogens is 260 g/mol. The van der Waals surface area contributed by atoms with Crippen molar-refractivity contribution in [3.63, 3.8) is 0 Å². The molecule has 0 bridgehead atoms. The molecule has 0 spiro atoms. The Morgan fingerprint density at radius 1 is 1.29 bits per heavy atom. The number of pyridine rings is 1. The number of fused-ring (bicyclic) bond motifs is 1. The number of guanidine groups is 1. The maximum atomic E-state index is 5.25. The number of rotatable bonds is 5. The van der Waals surface area contributed by atoms with Crippen LogP contribution in [0.1, 0.15) is 12.5 Å². The number of hydrogen-bond donors (Lipinski definition) is 2. The normalized spacial score (nSPS) is 11.1. The van der Waals surface area contributed by atoms with Gasteiger partial charge in [0.1, 0.15) is 0 Å². The van der Waals surface area contributed by atoms with Gasteiger partial charge in [0.25, 0.3) is 0 Å². The van der Waals surface area contributed by atoms with Gasteiger partial charge in [-0.15, -0.1) is 6.42 Å². The van der Waals surface area contributed by atoms with Crippen molar-refractivity contribution in [2.24, 2.45) is 4.99 Å². The van der Waals surface area contributed by atoms with Crippen molar-refractivity contribution < 1.29 is 0 Å². The van der Waals surface area contributed by atoms with Crippen LogP contribution in [0.15, 0.2) is 41.5 Å². The van der Waals surface area contributed by atoms with E-state index >= 15 is 0 Å². The molecule has 0 saturated carbocycles. The SMILES string of the molecule is C#CCNC(=NCCc1cccc2cccnc12)NCC. The van der Waals surface area contributed by atoms with Crippen LogP contribution in [0.3, 0.4) is 0 Å². The standard InChI is InChI=1S/C17H20N4/c1-3-11-20-17(18-4-2)21-13-10-15-8-5-7-14-9-6-12-19-16(14)15/h1,5-9,12H,4,10-11,13H2,2H3,(H2,18,20,21). The molecule has 2 N–H and O–H groups in total. The molecular formula is C17H20N4. The predicted molar refractivity (Wildman–Crippen MR) is 88.3 cm³/mol. The highest BCUT2D eigenvalue weighted by molar-refractivity contribution is 5.82. The molecule has 2 rings (SSSR count). The molecule has 108 valence electrons. The van der Waals surface area contributed by atoms with Crippen molar-refractivity contribution >= 4 is 16.9 Å². The Hall–Kier alpha value is -2.54. The molecule has 0 amide bonds. The lowest BCUT2D eigenvalue weighted by atomic mass is 10.1. The first-order valence-electron chi connectivity index (χ1n) is 7.13. The van der Waals surface area contributed by atoms with Crippen LogP contribution in [-0.4, -0.2) is 30.6 Å². The number of terminal acetylenes is 1. The van der Waals surface area contributed by atoms with E-state index in [4.69, 9.17) is 6.42 Å². The fourth-order valence-electron chi connectivity index (χ4n) is 2.13. The molecule has 2 aromatic rings. The van der Waals surface area contributed by atoms with Crippen molar-refractivity contribution in [2.75, 3.05) is 19.6 Å². The zero-order chi connectivity index (χ0) is 14.9. The first-order valence-corrected chi connectivity index (χ1v) is 7.13. The van der Waals surface area contributed by atoms with Gasteiger partial charge in [-0.25, -0.2) is 0 Å². The quantitative estimate of drug-likeness (QED) is 0.500. The summed E-state index contributed by atoms with van der Waals surface area (Å²) < 4.78 is 0. The van der Waals surface area contributed by atoms with E-state index in [-0.39, 0.29) is 0 Å². The molecule has 0 aliphatic heterocycles. The Balaban J connectivity index is 2.05. The molecule has 0 aliphatic rings. The Labute approximate surface area is 125 Å². The summed E-state index contributed by atoms with van der Waals surface area (Å²) >= 11 is 0. The second-order valence-corrected chi connectivity index (χ2v) is 4.56. The summed E-state index contributed by atoms with van der Waals surface area (Å²) in [6, 6.07) is 10.3. The van der Waals surface area contributed by atoms with Gasteiger partial charge in [-0.1, -0.05) is 30.2 Å². The maximum absolute atomic E-state index is 5.25. The second-order valence-electron chi connectivity index (χ2n) is 4.56. The summed E-state index contributed by atoms with van der Waals surface area (Å²) in [7, 11) is 0. The van der Waals surface area contributed by atoms with Crippen LogP contribution in [-0.2, 0) is 6.42 Å². The molecule has 0 atom stereocenters. The molecule has 4 nitrogen and oxygen atoms in total. The molecule has 1 aromatic carbocycles. The largest absolute Gasteiger partial charge is 0.357 e. The van der Waals surface area contributed by atoms with E-state index in [9.17, 15) is 0 Å². The smallest absolute Gasteiger partial charge is 0.192 e. The molecule has 0 radical (unpaired) electrons. The van der Waals surface area contributed by atoms with E-state index in [2.05, 4.69) is 50.8 Å². The zero-order valence-electron chi connectivity index (χ0n) is 12.3. The molecule has 0 fully saturated rings. The van der Waals surface area contributed by atoms with Crippen LogP contribution in [0.5, 0.6) is 0 Å². The summed E-state index contributed by atoms with van der Waals surface area (Å²) in [6.45, 7) is 4.01. The monoisotopic (exact) mass is 280 g/mol. The topological polar surface area (TPSA) is 49.3 Å². The highest BCUT2D eigenvalue weighted by Gasteiger charge is 2.01. The van der Waals surface area contributed by atoms with Crippen molar-refractivity contribution in [1.82, 2.24) is 15.6 Å². The van der Waals surface area contributed by atoms with Gasteiger partial charge >= 0.3 is 0 Å². The Bertz CT molecular complexity index is 650. The fourth-order valence-corrected chi connectivity index (χ4v) is 2.13. The van der Waals surface area contributed by atoms with Crippen molar-refractivity contribution in [3.05, 3.63) is 42.1 Å². The molecule has 0 unspecified atom stereocenters. The molecule has 0 saturated heterocycles. The average Bonchev–Trinajstić information content (AvgIpc) is 2.53. The molecule has 4 heteroatoms. The minimum Gasteiger partial charge on any atom is -0.357 e. The number of aromatic nitrogens is 1. The second kappa shape index (κ2) is 7.91.